The first kappa shape index (κ1) is 12.5. The molecule has 0 saturated carbocycles. The zero-order chi connectivity index (χ0) is 12.3. The second kappa shape index (κ2) is 5.59. The third-order valence-electron chi connectivity index (χ3n) is 2.50. The van der Waals surface area contributed by atoms with Crippen LogP contribution in [0.25, 0.3) is 0 Å². The molecule has 0 amide bonds. The Bertz CT molecular complexity index is 500. The number of nitrogens with two attached hydrogens (primary N) is 2. The van der Waals surface area contributed by atoms with Crippen molar-refractivity contribution in [2.45, 2.75) is 12.5 Å². The molecule has 2 rings (SSSR count). The number of hydrogen-bond donors (Lipinski definition) is 3. The van der Waals surface area contributed by atoms with E-state index < -0.39 is 0 Å². The van der Waals surface area contributed by atoms with Gasteiger partial charge in [0.05, 0.1) is 6.04 Å². The maximum absolute atomic E-state index is 5.89. The van der Waals surface area contributed by atoms with Crippen LogP contribution in [0.5, 0.6) is 0 Å². The molecule has 0 aliphatic rings. The third-order valence-corrected chi connectivity index (χ3v) is 4.30. The van der Waals surface area contributed by atoms with Gasteiger partial charge in [-0.25, -0.2) is 0 Å². The standard InChI is InChI=1S/C11H13BrN4S/c12-8-4-11(17-6-8)10(16-14)3-7-5-15-2-1-9(7)13/h1-2,4-6,10,16H,3,14H2,(H2,13,15). The van der Waals surface area contributed by atoms with Crippen LogP contribution in [-0.4, -0.2) is 4.98 Å². The monoisotopic (exact) mass is 312 g/mol. The molecule has 1 atom stereocenters. The fourth-order valence-corrected chi connectivity index (χ4v) is 3.09. The lowest BCUT2D eigenvalue weighted by Gasteiger charge is -2.15. The van der Waals surface area contributed by atoms with E-state index in [0.29, 0.717) is 0 Å². The molecule has 0 aliphatic carbocycles. The molecule has 0 fully saturated rings. The van der Waals surface area contributed by atoms with E-state index >= 15 is 0 Å². The topological polar surface area (TPSA) is 77.0 Å². The Morgan fingerprint density at radius 1 is 1.53 bits per heavy atom. The minimum atomic E-state index is 0.0535. The molecule has 2 heterocycles. The average molecular weight is 313 g/mol. The Labute approximate surface area is 112 Å². The van der Waals surface area contributed by atoms with Crippen LogP contribution in [0.4, 0.5) is 5.69 Å². The predicted molar refractivity (Wildman–Crippen MR) is 74.4 cm³/mol. The van der Waals surface area contributed by atoms with Gasteiger partial charge in [0.15, 0.2) is 0 Å². The molecule has 2 aromatic rings. The number of aromatic nitrogens is 1. The number of hydrazine groups is 1. The molecular formula is C11H13BrN4S. The van der Waals surface area contributed by atoms with E-state index in [9.17, 15) is 0 Å². The molecule has 5 N–H and O–H groups in total. The molecule has 6 heteroatoms. The van der Waals surface area contributed by atoms with Gasteiger partial charge in [-0.1, -0.05) is 0 Å². The maximum atomic E-state index is 5.89. The van der Waals surface area contributed by atoms with Gasteiger partial charge in [0.1, 0.15) is 0 Å². The highest BCUT2D eigenvalue weighted by atomic mass is 79.9. The molecule has 17 heavy (non-hydrogen) atoms. The van der Waals surface area contributed by atoms with Crippen LogP contribution in [0, 0.1) is 0 Å². The van der Waals surface area contributed by atoms with Gasteiger partial charge in [-0.2, -0.15) is 0 Å². The molecule has 0 bridgehead atoms. The number of nitrogens with zero attached hydrogens (tertiary/aromatic N) is 1. The summed E-state index contributed by atoms with van der Waals surface area (Å²) in [6, 6.07) is 3.91. The van der Waals surface area contributed by atoms with E-state index in [-0.39, 0.29) is 6.04 Å². The van der Waals surface area contributed by atoms with Crippen molar-refractivity contribution < 1.29 is 0 Å². The van der Waals surface area contributed by atoms with E-state index in [1.54, 1.807) is 29.8 Å². The van der Waals surface area contributed by atoms with Crippen molar-refractivity contribution in [1.82, 2.24) is 10.4 Å². The average Bonchev–Trinajstić information content (AvgIpc) is 2.75. The van der Waals surface area contributed by atoms with Crippen LogP contribution >= 0.6 is 27.3 Å². The highest BCUT2D eigenvalue weighted by molar-refractivity contribution is 9.10. The van der Waals surface area contributed by atoms with Crippen LogP contribution in [-0.2, 0) is 6.42 Å². The summed E-state index contributed by atoms with van der Waals surface area (Å²) in [7, 11) is 0. The first-order chi connectivity index (χ1) is 8.20. The molecule has 0 aliphatic heterocycles. The molecule has 90 valence electrons. The molecule has 0 aromatic carbocycles. The predicted octanol–water partition coefficient (Wildman–Crippen LogP) is 2.23. The molecule has 0 spiro atoms. The summed E-state index contributed by atoms with van der Waals surface area (Å²) in [5.41, 5.74) is 10.5. The van der Waals surface area contributed by atoms with Gasteiger partial charge in [0.2, 0.25) is 0 Å². The van der Waals surface area contributed by atoms with Crippen molar-refractivity contribution in [3.63, 3.8) is 0 Å². The highest BCUT2D eigenvalue weighted by Crippen LogP contribution is 2.28. The van der Waals surface area contributed by atoms with Crippen LogP contribution in [0.1, 0.15) is 16.5 Å². The largest absolute Gasteiger partial charge is 0.398 e. The number of anilines is 1. The van der Waals surface area contributed by atoms with Crippen LogP contribution in [0.3, 0.4) is 0 Å². The second-order valence-electron chi connectivity index (χ2n) is 3.67. The summed E-state index contributed by atoms with van der Waals surface area (Å²) >= 11 is 5.09. The molecule has 0 saturated heterocycles. The van der Waals surface area contributed by atoms with Gasteiger partial charge in [0.25, 0.3) is 0 Å². The summed E-state index contributed by atoms with van der Waals surface area (Å²) in [6.07, 6.45) is 4.19. The van der Waals surface area contributed by atoms with Crippen molar-refractivity contribution in [1.29, 1.82) is 0 Å². The minimum absolute atomic E-state index is 0.0535. The highest BCUT2D eigenvalue weighted by Gasteiger charge is 2.14. The van der Waals surface area contributed by atoms with Gasteiger partial charge in [-0.05, 0) is 40.0 Å². The Hall–Kier alpha value is -0.950. The summed E-state index contributed by atoms with van der Waals surface area (Å²) in [4.78, 5) is 5.25. The lowest BCUT2D eigenvalue weighted by molar-refractivity contribution is 0.560. The maximum Gasteiger partial charge on any atom is 0.0595 e. The van der Waals surface area contributed by atoms with Gasteiger partial charge in [0, 0.05) is 32.8 Å². The molecule has 4 nitrogen and oxygen atoms in total. The molecule has 2 aromatic heterocycles. The Morgan fingerprint density at radius 3 is 2.94 bits per heavy atom. The lowest BCUT2D eigenvalue weighted by atomic mass is 10.1. The minimum Gasteiger partial charge on any atom is -0.398 e. The quantitative estimate of drug-likeness (QED) is 0.597. The Balaban J connectivity index is 2.18. The second-order valence-corrected chi connectivity index (χ2v) is 5.52. The van der Waals surface area contributed by atoms with Gasteiger partial charge < -0.3 is 5.73 Å². The Kier molecular flexibility index (Phi) is 4.11. The van der Waals surface area contributed by atoms with Crippen molar-refractivity contribution in [2.24, 2.45) is 5.84 Å². The van der Waals surface area contributed by atoms with Crippen molar-refractivity contribution in [2.75, 3.05) is 5.73 Å². The SMILES string of the molecule is NNC(Cc1cnccc1N)c1cc(Br)cs1. The van der Waals surface area contributed by atoms with Crippen LogP contribution in [0.15, 0.2) is 34.4 Å². The van der Waals surface area contributed by atoms with Gasteiger partial charge >= 0.3 is 0 Å². The number of pyridine rings is 1. The van der Waals surface area contributed by atoms with E-state index in [0.717, 1.165) is 22.1 Å². The Morgan fingerprint density at radius 2 is 2.35 bits per heavy atom. The molecule has 0 radical (unpaired) electrons. The number of hydrogen-bond acceptors (Lipinski definition) is 5. The number of rotatable bonds is 4. The smallest absolute Gasteiger partial charge is 0.0595 e. The number of nitrogen functional groups attached to an aromatic ring is 1. The summed E-state index contributed by atoms with van der Waals surface area (Å²) < 4.78 is 1.07. The fourth-order valence-electron chi connectivity index (χ4n) is 1.58. The zero-order valence-corrected chi connectivity index (χ0v) is 11.5. The number of nitrogens with one attached hydrogen (secondary N) is 1. The van der Waals surface area contributed by atoms with Crippen molar-refractivity contribution in [3.8, 4) is 0 Å². The van der Waals surface area contributed by atoms with Gasteiger partial charge in [-0.15, -0.1) is 11.3 Å². The first-order valence-corrected chi connectivity index (χ1v) is 6.76. The number of thiophene rings is 1. The van der Waals surface area contributed by atoms with Gasteiger partial charge in [-0.3, -0.25) is 16.3 Å². The van der Waals surface area contributed by atoms with Crippen LogP contribution in [0.2, 0.25) is 0 Å². The summed E-state index contributed by atoms with van der Waals surface area (Å²) in [6.45, 7) is 0. The summed E-state index contributed by atoms with van der Waals surface area (Å²) in [5, 5.41) is 2.03. The third kappa shape index (κ3) is 3.04. The van der Waals surface area contributed by atoms with E-state index in [1.807, 2.05) is 5.38 Å². The fraction of sp³-hybridized carbons (Fsp3) is 0.182. The first-order valence-electron chi connectivity index (χ1n) is 5.09. The van der Waals surface area contributed by atoms with Crippen molar-refractivity contribution >= 4 is 33.0 Å². The van der Waals surface area contributed by atoms with Crippen LogP contribution < -0.4 is 17.0 Å². The lowest BCUT2D eigenvalue weighted by Crippen LogP contribution is -2.29. The molecule has 1 unspecified atom stereocenters. The van der Waals surface area contributed by atoms with E-state index in [1.165, 1.54) is 4.88 Å². The molecular weight excluding hydrogens is 300 g/mol. The summed E-state index contributed by atoms with van der Waals surface area (Å²) in [5.74, 6) is 5.59. The van der Waals surface area contributed by atoms with Crippen molar-refractivity contribution in [3.05, 3.63) is 44.8 Å². The zero-order valence-electron chi connectivity index (χ0n) is 9.06. The van der Waals surface area contributed by atoms with E-state index in [2.05, 4.69) is 32.4 Å². The normalized spacial score (nSPS) is 12.6. The number of halogens is 1. The van der Waals surface area contributed by atoms with E-state index in [4.69, 9.17) is 11.6 Å².